The number of benzene rings is 1. The van der Waals surface area contributed by atoms with Gasteiger partial charge in [-0.2, -0.15) is 0 Å². The summed E-state index contributed by atoms with van der Waals surface area (Å²) < 4.78 is 25.1. The van der Waals surface area contributed by atoms with E-state index in [-0.39, 0.29) is 18.3 Å². The summed E-state index contributed by atoms with van der Waals surface area (Å²) >= 11 is 0. The Kier molecular flexibility index (Phi) is 4.83. The molecule has 1 heterocycles. The second kappa shape index (κ2) is 6.43. The molecule has 1 N–H and O–H groups in total. The minimum atomic E-state index is -0.900. The molecule has 1 saturated heterocycles. The van der Waals surface area contributed by atoms with Crippen LogP contribution in [0.25, 0.3) is 0 Å². The molecule has 1 fully saturated rings. The summed E-state index contributed by atoms with van der Waals surface area (Å²) in [5.41, 5.74) is 0.0332. The summed E-state index contributed by atoms with van der Waals surface area (Å²) in [6, 6.07) is 4.70. The van der Waals surface area contributed by atoms with Crippen LogP contribution in [0.1, 0.15) is 38.7 Å². The van der Waals surface area contributed by atoms with Crippen LogP contribution in [0.2, 0.25) is 0 Å². The van der Waals surface area contributed by atoms with Crippen molar-refractivity contribution in [3.05, 3.63) is 29.6 Å². The molecule has 0 saturated carbocycles. The summed E-state index contributed by atoms with van der Waals surface area (Å²) in [7, 11) is 0. The Labute approximate surface area is 123 Å². The van der Waals surface area contributed by atoms with Crippen LogP contribution in [0.15, 0.2) is 18.2 Å². The predicted molar refractivity (Wildman–Crippen MR) is 76.1 cm³/mol. The van der Waals surface area contributed by atoms with E-state index in [1.807, 2.05) is 0 Å². The number of halogens is 1. The maximum absolute atomic E-state index is 14.2. The van der Waals surface area contributed by atoms with Crippen molar-refractivity contribution in [1.82, 2.24) is 0 Å². The lowest BCUT2D eigenvalue weighted by molar-refractivity contribution is -0.138. The topological polar surface area (TPSA) is 55.8 Å². The lowest BCUT2D eigenvalue weighted by Gasteiger charge is -2.26. The molecule has 0 radical (unpaired) electrons. The molecular weight excluding hydrogens is 275 g/mol. The van der Waals surface area contributed by atoms with Gasteiger partial charge in [-0.1, -0.05) is 19.9 Å². The summed E-state index contributed by atoms with van der Waals surface area (Å²) in [5, 5.41) is 8.92. The SMILES string of the molecule is CC(C)(CC(=O)O)c1ccc(OC2CCOCC2)c(F)c1. The highest BCUT2D eigenvalue weighted by Crippen LogP contribution is 2.31. The molecule has 0 spiro atoms. The van der Waals surface area contributed by atoms with Gasteiger partial charge in [0.1, 0.15) is 6.10 Å². The number of hydrogen-bond acceptors (Lipinski definition) is 3. The van der Waals surface area contributed by atoms with Crippen molar-refractivity contribution in [2.24, 2.45) is 0 Å². The van der Waals surface area contributed by atoms with Gasteiger partial charge in [-0.25, -0.2) is 4.39 Å². The van der Waals surface area contributed by atoms with E-state index in [0.717, 1.165) is 12.8 Å². The van der Waals surface area contributed by atoms with Crippen molar-refractivity contribution in [3.8, 4) is 5.75 Å². The zero-order valence-corrected chi connectivity index (χ0v) is 12.4. The average Bonchev–Trinajstić information content (AvgIpc) is 2.40. The van der Waals surface area contributed by atoms with Crippen LogP contribution in [-0.2, 0) is 14.9 Å². The smallest absolute Gasteiger partial charge is 0.304 e. The van der Waals surface area contributed by atoms with Crippen LogP contribution >= 0.6 is 0 Å². The summed E-state index contributed by atoms with van der Waals surface area (Å²) in [6.45, 7) is 4.84. The quantitative estimate of drug-likeness (QED) is 0.907. The number of carboxylic acid groups (broad SMARTS) is 1. The number of rotatable bonds is 5. The van der Waals surface area contributed by atoms with Crippen molar-refractivity contribution >= 4 is 5.97 Å². The molecule has 1 aliphatic rings. The highest BCUT2D eigenvalue weighted by atomic mass is 19.1. The van der Waals surface area contributed by atoms with Gasteiger partial charge < -0.3 is 14.6 Å². The van der Waals surface area contributed by atoms with E-state index in [1.54, 1.807) is 26.0 Å². The molecular formula is C16H21FO4. The van der Waals surface area contributed by atoms with Crippen LogP contribution in [0, 0.1) is 5.82 Å². The van der Waals surface area contributed by atoms with Gasteiger partial charge in [0, 0.05) is 18.3 Å². The van der Waals surface area contributed by atoms with Crippen LogP contribution in [-0.4, -0.2) is 30.4 Å². The van der Waals surface area contributed by atoms with Crippen molar-refractivity contribution in [2.45, 2.75) is 44.6 Å². The van der Waals surface area contributed by atoms with Crippen LogP contribution in [0.3, 0.4) is 0 Å². The molecule has 0 aromatic heterocycles. The second-order valence-electron chi connectivity index (χ2n) is 6.03. The minimum absolute atomic E-state index is 0.0221. The molecule has 5 heteroatoms. The number of carboxylic acids is 1. The number of ether oxygens (including phenoxy) is 2. The first-order chi connectivity index (χ1) is 9.88. The van der Waals surface area contributed by atoms with Crippen LogP contribution in [0.4, 0.5) is 4.39 Å². The minimum Gasteiger partial charge on any atom is -0.487 e. The Balaban J connectivity index is 2.11. The molecule has 0 aliphatic carbocycles. The number of hydrogen-bond donors (Lipinski definition) is 1. The van der Waals surface area contributed by atoms with Crippen molar-refractivity contribution in [1.29, 1.82) is 0 Å². The van der Waals surface area contributed by atoms with Gasteiger partial charge in [0.2, 0.25) is 0 Å². The first-order valence-electron chi connectivity index (χ1n) is 7.15. The monoisotopic (exact) mass is 296 g/mol. The third-order valence-corrected chi connectivity index (χ3v) is 3.77. The third kappa shape index (κ3) is 4.17. The maximum Gasteiger partial charge on any atom is 0.304 e. The molecule has 1 aromatic rings. The molecule has 0 bridgehead atoms. The standard InChI is InChI=1S/C16H21FO4/c1-16(2,10-15(18)19)11-3-4-14(13(17)9-11)21-12-5-7-20-8-6-12/h3-4,9,12H,5-8,10H2,1-2H3,(H,18,19). The molecule has 2 rings (SSSR count). The Hall–Kier alpha value is -1.62. The van der Waals surface area contributed by atoms with E-state index < -0.39 is 17.2 Å². The van der Waals surface area contributed by atoms with Gasteiger partial charge in [-0.3, -0.25) is 4.79 Å². The van der Waals surface area contributed by atoms with Crippen molar-refractivity contribution in [3.63, 3.8) is 0 Å². The van der Waals surface area contributed by atoms with E-state index in [0.29, 0.717) is 18.8 Å². The normalized spacial score (nSPS) is 16.7. The zero-order valence-electron chi connectivity index (χ0n) is 12.4. The summed E-state index contributed by atoms with van der Waals surface area (Å²) in [4.78, 5) is 10.9. The molecule has 116 valence electrons. The maximum atomic E-state index is 14.2. The van der Waals surface area contributed by atoms with Gasteiger partial charge in [-0.15, -0.1) is 0 Å². The highest BCUT2D eigenvalue weighted by molar-refractivity contribution is 5.68. The third-order valence-electron chi connectivity index (χ3n) is 3.77. The largest absolute Gasteiger partial charge is 0.487 e. The first kappa shape index (κ1) is 15.8. The van der Waals surface area contributed by atoms with Crippen LogP contribution in [0.5, 0.6) is 5.75 Å². The van der Waals surface area contributed by atoms with Gasteiger partial charge in [0.05, 0.1) is 19.6 Å². The predicted octanol–water partition coefficient (Wildman–Crippen LogP) is 3.14. The van der Waals surface area contributed by atoms with E-state index in [4.69, 9.17) is 14.6 Å². The Morgan fingerprint density at radius 1 is 1.43 bits per heavy atom. The van der Waals surface area contributed by atoms with Gasteiger partial charge in [0.25, 0.3) is 0 Å². The number of carbonyl (C=O) groups is 1. The van der Waals surface area contributed by atoms with E-state index in [1.165, 1.54) is 6.07 Å². The molecule has 1 aliphatic heterocycles. The Morgan fingerprint density at radius 3 is 2.67 bits per heavy atom. The Bertz CT molecular complexity index is 507. The Morgan fingerprint density at radius 2 is 2.10 bits per heavy atom. The lowest BCUT2D eigenvalue weighted by atomic mass is 9.81. The fourth-order valence-corrected chi connectivity index (χ4v) is 2.47. The van der Waals surface area contributed by atoms with E-state index in [9.17, 15) is 9.18 Å². The van der Waals surface area contributed by atoms with Crippen LogP contribution < -0.4 is 4.74 Å². The van der Waals surface area contributed by atoms with Gasteiger partial charge in [0.15, 0.2) is 11.6 Å². The van der Waals surface area contributed by atoms with E-state index in [2.05, 4.69) is 0 Å². The average molecular weight is 296 g/mol. The lowest BCUT2D eigenvalue weighted by Crippen LogP contribution is -2.26. The number of aliphatic carboxylic acids is 1. The summed E-state index contributed by atoms with van der Waals surface area (Å²) in [6.07, 6.45) is 1.44. The highest BCUT2D eigenvalue weighted by Gasteiger charge is 2.26. The molecule has 0 atom stereocenters. The van der Waals surface area contributed by atoms with E-state index >= 15 is 0 Å². The zero-order chi connectivity index (χ0) is 15.5. The van der Waals surface area contributed by atoms with Crippen molar-refractivity contribution in [2.75, 3.05) is 13.2 Å². The van der Waals surface area contributed by atoms with Gasteiger partial charge >= 0.3 is 5.97 Å². The van der Waals surface area contributed by atoms with Gasteiger partial charge in [-0.05, 0) is 17.7 Å². The fraction of sp³-hybridized carbons (Fsp3) is 0.562. The second-order valence-corrected chi connectivity index (χ2v) is 6.03. The molecule has 1 aromatic carbocycles. The fourth-order valence-electron chi connectivity index (χ4n) is 2.47. The summed E-state index contributed by atoms with van der Waals surface area (Å²) in [5.74, 6) is -1.13. The first-order valence-corrected chi connectivity index (χ1v) is 7.15. The molecule has 4 nitrogen and oxygen atoms in total. The molecule has 0 unspecified atom stereocenters. The molecule has 21 heavy (non-hydrogen) atoms. The molecule has 0 amide bonds. The van der Waals surface area contributed by atoms with Crippen molar-refractivity contribution < 1.29 is 23.8 Å².